The van der Waals surface area contributed by atoms with Crippen LogP contribution in [0.4, 0.5) is 57.1 Å². The summed E-state index contributed by atoms with van der Waals surface area (Å²) < 4.78 is 179. The molecule has 0 spiro atoms. The zero-order valence-electron chi connectivity index (χ0n) is 18.4. The van der Waals surface area contributed by atoms with Crippen molar-refractivity contribution in [3.63, 3.8) is 0 Å². The predicted molar refractivity (Wildman–Crippen MR) is 93.6 cm³/mol. The van der Waals surface area contributed by atoms with Crippen LogP contribution in [0.25, 0.3) is 0 Å². The van der Waals surface area contributed by atoms with Crippen molar-refractivity contribution in [2.45, 2.75) is 98.6 Å². The molecule has 0 aromatic heterocycles. The second kappa shape index (κ2) is 11.5. The summed E-state index contributed by atoms with van der Waals surface area (Å²) in [5.41, 5.74) is 0. The minimum atomic E-state index is -7.92. The van der Waals surface area contributed by atoms with Gasteiger partial charge < -0.3 is 29.9 Å². The first-order valence-corrected chi connectivity index (χ1v) is 10.4. The topological polar surface area (TPSA) is 99.4 Å². The van der Waals surface area contributed by atoms with Gasteiger partial charge in [-0.3, -0.25) is 0 Å². The van der Waals surface area contributed by atoms with E-state index in [2.05, 4.69) is 0 Å². The predicted octanol–water partition coefficient (Wildman–Crippen LogP) is 3.49. The highest BCUT2D eigenvalue weighted by molar-refractivity contribution is 5.10. The maximum atomic E-state index is 13.7. The minimum absolute atomic E-state index is 0.108. The van der Waals surface area contributed by atoms with Crippen molar-refractivity contribution in [1.29, 1.82) is 0 Å². The lowest BCUT2D eigenvalue weighted by Gasteiger charge is -2.39. The number of hydrogen-bond acceptors (Lipinski definition) is 6. The highest BCUT2D eigenvalue weighted by Gasteiger charge is 2.90. The maximum absolute atomic E-state index is 13.7. The van der Waals surface area contributed by atoms with Gasteiger partial charge >= 0.3 is 35.8 Å². The molecule has 19 heteroatoms. The largest absolute Gasteiger partial charge is 0.460 e. The first-order valence-electron chi connectivity index (χ1n) is 10.4. The summed E-state index contributed by atoms with van der Waals surface area (Å²) >= 11 is 0. The number of rotatable bonds is 13. The highest BCUT2D eigenvalue weighted by atomic mass is 19.4. The molecular formula is C18H23F13O6. The van der Waals surface area contributed by atoms with E-state index in [0.29, 0.717) is 0 Å². The SMILES string of the molecule is OC[C@H]1O[C@@H](OCCCCCCC(F)(F)C(F)(F)C(F)(F)C(F)(F)C(F)(F)C(F)(F)F)[C@H](O)[C@@H](O)[C@@H]1O. The van der Waals surface area contributed by atoms with Gasteiger partial charge in [-0.05, 0) is 12.8 Å². The number of alkyl halides is 13. The number of ether oxygens (including phenoxy) is 2. The van der Waals surface area contributed by atoms with Crippen LogP contribution in [0.5, 0.6) is 0 Å². The molecule has 0 aromatic carbocycles. The standard InChI is InChI=1S/C18H23F13O6/c19-13(20,14(21,22)15(23,24)16(25,26)17(27,28)18(29,30)31)5-3-1-2-4-6-36-12-11(35)10(34)9(33)8(7-32)37-12/h8-12,32-35H,1-7H2/t8-,9-,10+,11-,12-/m1/s1. The lowest BCUT2D eigenvalue weighted by molar-refractivity contribution is -0.440. The van der Waals surface area contributed by atoms with E-state index in [1.165, 1.54) is 0 Å². The molecule has 4 N–H and O–H groups in total. The van der Waals surface area contributed by atoms with Crippen molar-refractivity contribution >= 4 is 0 Å². The number of hydrogen-bond donors (Lipinski definition) is 4. The fourth-order valence-electron chi connectivity index (χ4n) is 3.17. The maximum Gasteiger partial charge on any atom is 0.460 e. The first-order chi connectivity index (χ1) is 16.5. The van der Waals surface area contributed by atoms with Crippen LogP contribution >= 0.6 is 0 Å². The van der Waals surface area contributed by atoms with E-state index < -0.39 is 92.4 Å². The van der Waals surface area contributed by atoms with Gasteiger partial charge in [-0.1, -0.05) is 12.8 Å². The highest BCUT2D eigenvalue weighted by Crippen LogP contribution is 2.60. The smallest absolute Gasteiger partial charge is 0.394 e. The van der Waals surface area contributed by atoms with Gasteiger partial charge in [-0.2, -0.15) is 57.1 Å². The lowest BCUT2D eigenvalue weighted by atomic mass is 9.91. The van der Waals surface area contributed by atoms with Crippen molar-refractivity contribution < 1.29 is 87.0 Å². The fourth-order valence-corrected chi connectivity index (χ4v) is 3.17. The van der Waals surface area contributed by atoms with Crippen molar-refractivity contribution in [3.05, 3.63) is 0 Å². The molecule has 1 aliphatic heterocycles. The third-order valence-corrected chi connectivity index (χ3v) is 5.51. The summed E-state index contributed by atoms with van der Waals surface area (Å²) in [5, 5.41) is 37.9. The molecule has 1 fully saturated rings. The van der Waals surface area contributed by atoms with Crippen LogP contribution in [0.2, 0.25) is 0 Å². The van der Waals surface area contributed by atoms with Crippen LogP contribution in [0, 0.1) is 0 Å². The normalized spacial score (nSPS) is 27.0. The van der Waals surface area contributed by atoms with Gasteiger partial charge in [-0.15, -0.1) is 0 Å². The molecule has 0 radical (unpaired) electrons. The van der Waals surface area contributed by atoms with Crippen molar-refractivity contribution in [2.75, 3.05) is 13.2 Å². The molecule has 0 amide bonds. The average Bonchev–Trinajstić information content (AvgIpc) is 2.76. The Labute approximate surface area is 199 Å². The van der Waals surface area contributed by atoms with Crippen LogP contribution in [0.15, 0.2) is 0 Å². The number of aliphatic hydroxyl groups excluding tert-OH is 4. The molecular weight excluding hydrogens is 559 g/mol. The number of unbranched alkanes of at least 4 members (excludes halogenated alkanes) is 3. The molecule has 0 aliphatic carbocycles. The van der Waals surface area contributed by atoms with Gasteiger partial charge in [0.05, 0.1) is 6.61 Å². The minimum Gasteiger partial charge on any atom is -0.394 e. The summed E-state index contributed by atoms with van der Waals surface area (Å²) in [7, 11) is 0. The van der Waals surface area contributed by atoms with Crippen LogP contribution in [0.1, 0.15) is 32.1 Å². The second-order valence-electron chi connectivity index (χ2n) is 8.23. The lowest BCUT2D eigenvalue weighted by Crippen LogP contribution is -2.70. The molecule has 37 heavy (non-hydrogen) atoms. The summed E-state index contributed by atoms with van der Waals surface area (Å²) in [4.78, 5) is 0. The Kier molecular flexibility index (Phi) is 10.6. The molecule has 1 aliphatic rings. The molecule has 1 heterocycles. The fraction of sp³-hybridized carbons (Fsp3) is 1.00. The van der Waals surface area contributed by atoms with Crippen molar-refractivity contribution in [3.8, 4) is 0 Å². The summed E-state index contributed by atoms with van der Waals surface area (Å²) in [6.07, 6.45) is -19.7. The zero-order chi connectivity index (χ0) is 29.3. The zero-order valence-corrected chi connectivity index (χ0v) is 18.4. The summed E-state index contributed by atoms with van der Waals surface area (Å²) in [6, 6.07) is 0. The Morgan fingerprint density at radius 1 is 0.595 bits per heavy atom. The Hall–Kier alpha value is -1.15. The monoisotopic (exact) mass is 582 g/mol. The number of aliphatic hydroxyl groups is 4. The van der Waals surface area contributed by atoms with E-state index >= 15 is 0 Å². The van der Waals surface area contributed by atoms with Crippen LogP contribution in [0.3, 0.4) is 0 Å². The molecule has 5 atom stereocenters. The molecule has 0 aromatic rings. The number of halogens is 13. The van der Waals surface area contributed by atoms with Gasteiger partial charge in [0, 0.05) is 13.0 Å². The van der Waals surface area contributed by atoms with Crippen LogP contribution < -0.4 is 0 Å². The Balaban J connectivity index is 2.65. The quantitative estimate of drug-likeness (QED) is 0.196. The molecule has 1 saturated heterocycles. The Bertz CT molecular complexity index is 731. The molecule has 1 rings (SSSR count). The molecule has 0 saturated carbocycles. The van der Waals surface area contributed by atoms with E-state index in [0.717, 1.165) is 0 Å². The van der Waals surface area contributed by atoms with Crippen molar-refractivity contribution in [1.82, 2.24) is 0 Å². The van der Waals surface area contributed by atoms with Gasteiger partial charge in [0.15, 0.2) is 6.29 Å². The molecule has 0 bridgehead atoms. The van der Waals surface area contributed by atoms with Gasteiger partial charge in [0.1, 0.15) is 24.4 Å². The van der Waals surface area contributed by atoms with Crippen LogP contribution in [-0.2, 0) is 9.47 Å². The van der Waals surface area contributed by atoms with E-state index in [1.54, 1.807) is 0 Å². The van der Waals surface area contributed by atoms with Crippen molar-refractivity contribution in [2.24, 2.45) is 0 Å². The average molecular weight is 582 g/mol. The first kappa shape index (κ1) is 33.9. The Morgan fingerprint density at radius 3 is 1.57 bits per heavy atom. The molecule has 222 valence electrons. The van der Waals surface area contributed by atoms with Crippen LogP contribution in [-0.4, -0.2) is 100 Å². The second-order valence-corrected chi connectivity index (χ2v) is 8.23. The summed E-state index contributed by atoms with van der Waals surface area (Å²) in [5.74, 6) is -36.9. The van der Waals surface area contributed by atoms with Gasteiger partial charge in [0.25, 0.3) is 0 Å². The third-order valence-electron chi connectivity index (χ3n) is 5.51. The third kappa shape index (κ3) is 6.37. The molecule has 6 nitrogen and oxygen atoms in total. The van der Waals surface area contributed by atoms with E-state index in [4.69, 9.17) is 14.6 Å². The van der Waals surface area contributed by atoms with E-state index in [-0.39, 0.29) is 19.4 Å². The summed E-state index contributed by atoms with van der Waals surface area (Å²) in [6.45, 7) is -1.13. The van der Waals surface area contributed by atoms with E-state index in [1.807, 2.05) is 0 Å². The van der Waals surface area contributed by atoms with E-state index in [9.17, 15) is 72.4 Å². The van der Waals surface area contributed by atoms with Gasteiger partial charge in [-0.25, -0.2) is 0 Å². The van der Waals surface area contributed by atoms with Gasteiger partial charge in [0.2, 0.25) is 0 Å². The Morgan fingerprint density at radius 2 is 1.08 bits per heavy atom. The molecule has 0 unspecified atom stereocenters.